The van der Waals surface area contributed by atoms with Gasteiger partial charge in [-0.3, -0.25) is 9.36 Å². The van der Waals surface area contributed by atoms with Gasteiger partial charge >= 0.3 is 6.18 Å². The number of hydrogen-bond donors (Lipinski definition) is 1. The van der Waals surface area contributed by atoms with E-state index in [1.165, 1.54) is 13.4 Å². The molecule has 0 bridgehead atoms. The van der Waals surface area contributed by atoms with Crippen molar-refractivity contribution in [3.63, 3.8) is 0 Å². The molecule has 1 N–H and O–H groups in total. The minimum absolute atomic E-state index is 0.0690. The number of halogens is 4. The van der Waals surface area contributed by atoms with E-state index in [0.29, 0.717) is 55.7 Å². The summed E-state index contributed by atoms with van der Waals surface area (Å²) in [6.07, 6.45) is 3.01. The van der Waals surface area contributed by atoms with E-state index in [1.807, 2.05) is 6.92 Å². The van der Waals surface area contributed by atoms with Gasteiger partial charge in [0.05, 0.1) is 16.9 Å². The summed E-state index contributed by atoms with van der Waals surface area (Å²) in [6, 6.07) is 0. The molecule has 37 heavy (non-hydrogen) atoms. The lowest BCUT2D eigenvalue weighted by Gasteiger charge is -2.27. The first-order chi connectivity index (χ1) is 17.3. The Morgan fingerprint density at radius 3 is 2.46 bits per heavy atom. The van der Waals surface area contributed by atoms with Gasteiger partial charge in [0, 0.05) is 32.8 Å². The van der Waals surface area contributed by atoms with Crippen molar-refractivity contribution in [3.05, 3.63) is 34.4 Å². The molecule has 0 spiro atoms. The molecule has 0 aliphatic heterocycles. The van der Waals surface area contributed by atoms with Gasteiger partial charge in [-0.05, 0) is 44.1 Å². The van der Waals surface area contributed by atoms with Crippen molar-refractivity contribution < 1.29 is 31.1 Å². The van der Waals surface area contributed by atoms with Crippen LogP contribution in [0.2, 0.25) is 5.15 Å². The third kappa shape index (κ3) is 7.17. The number of aromatic nitrogens is 2. The zero-order valence-corrected chi connectivity index (χ0v) is 23.1. The van der Waals surface area contributed by atoms with Crippen LogP contribution in [-0.2, 0) is 21.0 Å². The lowest BCUT2D eigenvalue weighted by Crippen LogP contribution is -2.34. The summed E-state index contributed by atoms with van der Waals surface area (Å²) >= 11 is 6.64. The molecule has 208 valence electrons. The van der Waals surface area contributed by atoms with Gasteiger partial charge in [-0.15, -0.1) is 0 Å². The van der Waals surface area contributed by atoms with Crippen LogP contribution in [0.1, 0.15) is 68.7 Å². The third-order valence-electron chi connectivity index (χ3n) is 7.31. The highest BCUT2D eigenvalue weighted by molar-refractivity contribution is 7.91. The molecule has 1 saturated carbocycles. The summed E-state index contributed by atoms with van der Waals surface area (Å²) in [6.45, 7) is 3.42. The van der Waals surface area contributed by atoms with E-state index in [4.69, 9.17) is 16.3 Å². The second-order valence-electron chi connectivity index (χ2n) is 10.0. The molecule has 1 aromatic heterocycles. The number of hydrogen-bond acceptors (Lipinski definition) is 5. The number of amides is 1. The van der Waals surface area contributed by atoms with Crippen LogP contribution in [0.15, 0.2) is 17.7 Å². The quantitative estimate of drug-likeness (QED) is 0.444. The molecule has 2 aliphatic rings. The number of sulfone groups is 1. The van der Waals surface area contributed by atoms with E-state index >= 15 is 0 Å². The van der Waals surface area contributed by atoms with Gasteiger partial charge in [-0.2, -0.15) is 13.2 Å². The Labute approximate surface area is 221 Å². The number of ether oxygens (including phenoxy) is 1. The molecular formula is C25H35ClF3N3O4S. The maximum absolute atomic E-state index is 13.0. The van der Waals surface area contributed by atoms with Gasteiger partial charge in [-0.25, -0.2) is 13.4 Å². The maximum Gasteiger partial charge on any atom is 0.391 e. The number of imidazole rings is 1. The lowest BCUT2D eigenvalue weighted by atomic mass is 9.89. The summed E-state index contributed by atoms with van der Waals surface area (Å²) in [7, 11) is -1.57. The number of nitrogens with zero attached hydrogens (tertiary/aromatic N) is 2. The first-order valence-electron chi connectivity index (χ1n) is 12.5. The second kappa shape index (κ2) is 11.9. The fraction of sp³-hybridized carbons (Fsp3) is 0.680. The largest absolute Gasteiger partial charge is 0.391 e. The predicted molar refractivity (Wildman–Crippen MR) is 137 cm³/mol. The van der Waals surface area contributed by atoms with Crippen molar-refractivity contribution in [1.82, 2.24) is 14.9 Å². The molecule has 3 rings (SSSR count). The van der Waals surface area contributed by atoms with Crippen LogP contribution in [0.3, 0.4) is 0 Å². The molecule has 2 atom stereocenters. The van der Waals surface area contributed by atoms with E-state index < -0.39 is 33.9 Å². The van der Waals surface area contributed by atoms with Crippen molar-refractivity contribution in [3.8, 4) is 0 Å². The van der Waals surface area contributed by atoms with Crippen molar-refractivity contribution >= 4 is 33.0 Å². The number of carbonyl (C=O) groups excluding carboxylic acids is 1. The predicted octanol–water partition coefficient (Wildman–Crippen LogP) is 5.21. The number of alkyl halides is 3. The number of nitrogens with one attached hydrogen (secondary N) is 1. The molecule has 12 heteroatoms. The van der Waals surface area contributed by atoms with Crippen LogP contribution < -0.4 is 5.32 Å². The van der Waals surface area contributed by atoms with Crippen LogP contribution in [0, 0.1) is 11.8 Å². The van der Waals surface area contributed by atoms with Gasteiger partial charge < -0.3 is 10.1 Å². The van der Waals surface area contributed by atoms with Gasteiger partial charge in [0.2, 0.25) is 0 Å². The normalized spacial score (nSPS) is 23.8. The molecule has 0 saturated heterocycles. The van der Waals surface area contributed by atoms with Crippen molar-refractivity contribution in [2.45, 2.75) is 76.3 Å². The Kier molecular flexibility index (Phi) is 9.56. The number of allylic oxidation sites excluding steroid dienone is 2. The van der Waals surface area contributed by atoms with Crippen LogP contribution in [0.25, 0.3) is 5.70 Å². The Morgan fingerprint density at radius 1 is 1.27 bits per heavy atom. The molecule has 2 aliphatic carbocycles. The van der Waals surface area contributed by atoms with Crippen LogP contribution in [0.5, 0.6) is 0 Å². The van der Waals surface area contributed by atoms with Crippen molar-refractivity contribution in [2.24, 2.45) is 11.8 Å². The fourth-order valence-electron chi connectivity index (χ4n) is 4.98. The zero-order valence-electron chi connectivity index (χ0n) is 21.6. The summed E-state index contributed by atoms with van der Waals surface area (Å²) in [4.78, 5) is 17.4. The molecule has 1 fully saturated rings. The van der Waals surface area contributed by atoms with E-state index in [0.717, 1.165) is 6.92 Å². The van der Waals surface area contributed by atoms with Gasteiger partial charge in [-0.1, -0.05) is 37.1 Å². The van der Waals surface area contributed by atoms with Crippen molar-refractivity contribution in [1.29, 1.82) is 0 Å². The Balaban J connectivity index is 1.75. The smallest absolute Gasteiger partial charge is 0.375 e. The number of carbonyl (C=O) groups is 1. The molecule has 0 aromatic carbocycles. The Bertz CT molecular complexity index is 1150. The van der Waals surface area contributed by atoms with Gasteiger partial charge in [0.15, 0.2) is 5.69 Å². The Morgan fingerprint density at radius 2 is 1.92 bits per heavy atom. The number of aryl methyl sites for hydroxylation is 1. The third-order valence-corrected chi connectivity index (χ3v) is 9.34. The van der Waals surface area contributed by atoms with E-state index in [1.54, 1.807) is 16.7 Å². The highest BCUT2D eigenvalue weighted by Crippen LogP contribution is 2.36. The van der Waals surface area contributed by atoms with E-state index in [2.05, 4.69) is 10.3 Å². The number of rotatable bonds is 9. The van der Waals surface area contributed by atoms with Crippen molar-refractivity contribution in [2.75, 3.05) is 19.9 Å². The minimum Gasteiger partial charge on any atom is -0.375 e. The average molecular weight is 566 g/mol. The van der Waals surface area contributed by atoms with Gasteiger partial charge in [0.1, 0.15) is 26.9 Å². The van der Waals surface area contributed by atoms with Crippen LogP contribution >= 0.6 is 11.6 Å². The van der Waals surface area contributed by atoms with Crippen LogP contribution in [0.4, 0.5) is 13.2 Å². The van der Waals surface area contributed by atoms with E-state index in [-0.39, 0.29) is 34.9 Å². The summed E-state index contributed by atoms with van der Waals surface area (Å²) in [5.74, 6) is -1.18. The standard InChI is InChI=1S/C25H35ClF3N3O4S/c1-5-21-31-22(24(33)30-14-16-6-9-18(10-7-16)37(4,34)35)23(26)32(21)19-11-8-17(13-20(19)36-3)12-15(2)25(27,28)29/h8,11,15-16,18,20H,5-7,9-10,12-14H2,1-4H3,(H,30,33)/t15?,16?,18?,20-/m1/s1. The summed E-state index contributed by atoms with van der Waals surface area (Å²) in [5, 5.41) is 2.68. The first-order valence-corrected chi connectivity index (χ1v) is 14.8. The van der Waals surface area contributed by atoms with Gasteiger partial charge in [0.25, 0.3) is 5.91 Å². The monoisotopic (exact) mass is 565 g/mol. The summed E-state index contributed by atoms with van der Waals surface area (Å²) < 4.78 is 69.9. The average Bonchev–Trinajstić information content (AvgIpc) is 3.17. The molecule has 1 heterocycles. The minimum atomic E-state index is -4.27. The first kappa shape index (κ1) is 29.7. The molecule has 1 amide bonds. The molecule has 7 nitrogen and oxygen atoms in total. The molecular weight excluding hydrogens is 531 g/mol. The number of methoxy groups -OCH3 is 1. The maximum atomic E-state index is 13.0. The Hall–Kier alpha value is -1.85. The highest BCUT2D eigenvalue weighted by Gasteiger charge is 2.37. The molecule has 1 aromatic rings. The topological polar surface area (TPSA) is 90.3 Å². The summed E-state index contributed by atoms with van der Waals surface area (Å²) in [5.41, 5.74) is 1.30. The second-order valence-corrected chi connectivity index (χ2v) is 12.7. The lowest BCUT2D eigenvalue weighted by molar-refractivity contribution is -0.169. The SMILES string of the molecule is CCc1nc(C(=O)NCC2CCC(S(C)(=O)=O)CC2)c(Cl)n1C1=CC=C(CC(C)C(F)(F)F)C[C@H]1OC. The zero-order chi connectivity index (χ0) is 27.5. The van der Waals surface area contributed by atoms with Crippen LogP contribution in [-0.4, -0.2) is 61.3 Å². The highest BCUT2D eigenvalue weighted by atomic mass is 35.5. The fourth-order valence-corrected chi connectivity index (χ4v) is 6.43. The molecule has 0 radical (unpaired) electrons. The van der Waals surface area contributed by atoms with E-state index in [9.17, 15) is 26.4 Å². The molecule has 1 unspecified atom stereocenters.